The molecule has 0 aromatic heterocycles. The number of rotatable bonds is 46. The van der Waals surface area contributed by atoms with Crippen LogP contribution in [-0.4, -0.2) is 65.7 Å². The molecule has 0 rings (SSSR count). The zero-order valence-corrected chi connectivity index (χ0v) is 39.3. The first-order chi connectivity index (χ1) is 29.2. The van der Waals surface area contributed by atoms with E-state index < -0.39 is 51.8 Å². The quantitative estimate of drug-likeness (QED) is 0.0234. The number of aliphatic hydroxyl groups is 2. The van der Waals surface area contributed by atoms with E-state index in [0.717, 1.165) is 57.8 Å². The molecule has 0 radical (unpaired) electrons. The average molecular weight is 871 g/mol. The fraction of sp³-hybridized carbons (Fsp3) is 0.837. The lowest BCUT2D eigenvalue weighted by atomic mass is 10.0. The van der Waals surface area contributed by atoms with Crippen molar-refractivity contribution in [2.45, 2.75) is 238 Å². The summed E-state index contributed by atoms with van der Waals surface area (Å²) in [6.07, 6.45) is 48.4. The highest BCUT2D eigenvalue weighted by atomic mass is 31.2. The third kappa shape index (κ3) is 44.3. The Morgan fingerprint density at radius 3 is 1.40 bits per heavy atom. The van der Waals surface area contributed by atoms with Crippen molar-refractivity contribution in [2.24, 2.45) is 0 Å². The number of ether oxygens (including phenoxy) is 2. The molecule has 0 fully saturated rings. The highest BCUT2D eigenvalue weighted by Crippen LogP contribution is 2.43. The third-order valence-electron chi connectivity index (χ3n) is 10.5. The zero-order chi connectivity index (χ0) is 44.0. The standard InChI is InChI=1S/C49H91O10P/c1-3-5-7-9-11-13-15-17-19-20-21-22-23-24-25-26-27-29-31-33-35-37-39-41-49(53)59-47(45-58-60(54,55)57-43-46(51)42-50)44-56-48(52)40-38-36-34-32-30-28-18-16-14-12-10-8-6-4-2/h10,12,16,18,33,35,46-47,50-51H,3-9,11,13-15,17,19-32,34,36-45H2,1-2H3,(H,54,55)/b12-10+,18-16+,35-33+/t46-,47+/m0/s1. The molecule has 0 aliphatic heterocycles. The topological polar surface area (TPSA) is 149 Å². The molecule has 11 heteroatoms. The van der Waals surface area contributed by atoms with Gasteiger partial charge in [0.25, 0.3) is 0 Å². The molecule has 3 atom stereocenters. The highest BCUT2D eigenvalue weighted by Gasteiger charge is 2.27. The summed E-state index contributed by atoms with van der Waals surface area (Å²) in [7, 11) is -4.63. The second kappa shape index (κ2) is 45.2. The maximum Gasteiger partial charge on any atom is 0.472 e. The monoisotopic (exact) mass is 871 g/mol. The number of aliphatic hydroxyl groups excluding tert-OH is 2. The van der Waals surface area contributed by atoms with Crippen LogP contribution in [0.15, 0.2) is 36.5 Å². The van der Waals surface area contributed by atoms with Crippen LogP contribution in [0.1, 0.15) is 226 Å². The molecule has 0 aromatic carbocycles. The fourth-order valence-corrected chi connectivity index (χ4v) is 7.51. The lowest BCUT2D eigenvalue weighted by Crippen LogP contribution is -2.29. The molecule has 0 bridgehead atoms. The molecule has 0 aliphatic rings. The number of hydrogen-bond donors (Lipinski definition) is 3. The number of hydrogen-bond acceptors (Lipinski definition) is 9. The van der Waals surface area contributed by atoms with Crippen molar-refractivity contribution < 1.29 is 47.8 Å². The summed E-state index contributed by atoms with van der Waals surface area (Å²) in [5.41, 5.74) is 0. The van der Waals surface area contributed by atoms with Crippen molar-refractivity contribution in [3.63, 3.8) is 0 Å². The van der Waals surface area contributed by atoms with Gasteiger partial charge in [-0.2, -0.15) is 0 Å². The summed E-state index contributed by atoms with van der Waals surface area (Å²) < 4.78 is 32.7. The summed E-state index contributed by atoms with van der Waals surface area (Å²) in [6, 6.07) is 0. The molecule has 1 unspecified atom stereocenters. The van der Waals surface area contributed by atoms with Crippen molar-refractivity contribution in [1.82, 2.24) is 0 Å². The van der Waals surface area contributed by atoms with E-state index in [0.29, 0.717) is 12.8 Å². The van der Waals surface area contributed by atoms with Crippen LogP contribution in [0.5, 0.6) is 0 Å². The summed E-state index contributed by atoms with van der Waals surface area (Å²) >= 11 is 0. The molecule has 0 saturated carbocycles. The van der Waals surface area contributed by atoms with Crippen LogP contribution < -0.4 is 0 Å². The van der Waals surface area contributed by atoms with Crippen LogP contribution in [0.4, 0.5) is 0 Å². The van der Waals surface area contributed by atoms with Crippen LogP contribution in [-0.2, 0) is 32.7 Å². The van der Waals surface area contributed by atoms with Gasteiger partial charge in [0.1, 0.15) is 12.7 Å². The second-order valence-corrected chi connectivity index (χ2v) is 17.9. The van der Waals surface area contributed by atoms with Gasteiger partial charge in [-0.15, -0.1) is 0 Å². The largest absolute Gasteiger partial charge is 0.472 e. The summed E-state index contributed by atoms with van der Waals surface area (Å²) in [5, 5.41) is 18.4. The first-order valence-electron chi connectivity index (χ1n) is 24.4. The molecule has 0 aromatic rings. The van der Waals surface area contributed by atoms with Gasteiger partial charge in [0.15, 0.2) is 6.10 Å². The van der Waals surface area contributed by atoms with Crippen molar-refractivity contribution in [2.75, 3.05) is 26.4 Å². The third-order valence-corrected chi connectivity index (χ3v) is 11.5. The number of carbonyl (C=O) groups excluding carboxylic acids is 2. The SMILES string of the molecule is CCCC/C=C/C/C=C/CCCCCCCC(=O)OC[C@H](COP(=O)(O)OC[C@@H](O)CO)OC(=O)CCC/C=C/CCCCCCCCCCCCCCCCCCCC. The van der Waals surface area contributed by atoms with E-state index >= 15 is 0 Å². The molecule has 60 heavy (non-hydrogen) atoms. The van der Waals surface area contributed by atoms with Gasteiger partial charge in [-0.1, -0.05) is 192 Å². The van der Waals surface area contributed by atoms with Crippen LogP contribution >= 0.6 is 7.82 Å². The number of allylic oxidation sites excluding steroid dienone is 6. The van der Waals surface area contributed by atoms with E-state index in [2.05, 4.69) is 50.3 Å². The van der Waals surface area contributed by atoms with Crippen molar-refractivity contribution >= 4 is 19.8 Å². The van der Waals surface area contributed by atoms with E-state index in [1.54, 1.807) is 0 Å². The van der Waals surface area contributed by atoms with Gasteiger partial charge in [0.05, 0.1) is 19.8 Å². The first-order valence-corrected chi connectivity index (χ1v) is 25.9. The van der Waals surface area contributed by atoms with Gasteiger partial charge in [0, 0.05) is 12.8 Å². The van der Waals surface area contributed by atoms with Gasteiger partial charge in [-0.25, -0.2) is 4.57 Å². The number of unbranched alkanes of at least 4 members (excludes halogenated alkanes) is 26. The lowest BCUT2D eigenvalue weighted by molar-refractivity contribution is -0.161. The van der Waals surface area contributed by atoms with E-state index in [-0.39, 0.29) is 19.4 Å². The smallest absolute Gasteiger partial charge is 0.462 e. The van der Waals surface area contributed by atoms with Crippen LogP contribution in [0.3, 0.4) is 0 Å². The Hall–Kier alpha value is -1.81. The van der Waals surface area contributed by atoms with E-state index in [1.165, 1.54) is 128 Å². The van der Waals surface area contributed by atoms with Crippen molar-refractivity contribution in [3.05, 3.63) is 36.5 Å². The average Bonchev–Trinajstić information content (AvgIpc) is 3.24. The van der Waals surface area contributed by atoms with E-state index in [4.69, 9.17) is 23.6 Å². The number of phosphoric ester groups is 1. The summed E-state index contributed by atoms with van der Waals surface area (Å²) in [5.74, 6) is -0.973. The normalized spacial score (nSPS) is 14.0. The van der Waals surface area contributed by atoms with E-state index in [9.17, 15) is 24.2 Å². The molecule has 0 heterocycles. The Bertz CT molecular complexity index is 1090. The van der Waals surface area contributed by atoms with Gasteiger partial charge in [0.2, 0.25) is 0 Å². The predicted molar refractivity (Wildman–Crippen MR) is 247 cm³/mol. The maximum atomic E-state index is 12.6. The van der Waals surface area contributed by atoms with Gasteiger partial charge < -0.3 is 24.6 Å². The summed E-state index contributed by atoms with van der Waals surface area (Å²) in [4.78, 5) is 35.0. The Balaban J connectivity index is 4.20. The Morgan fingerprint density at radius 1 is 0.500 bits per heavy atom. The van der Waals surface area contributed by atoms with Crippen LogP contribution in [0, 0.1) is 0 Å². The fourth-order valence-electron chi connectivity index (χ4n) is 6.72. The molecular formula is C49H91O10P. The number of esters is 2. The predicted octanol–water partition coefficient (Wildman–Crippen LogP) is 13.5. The minimum absolute atomic E-state index is 0.135. The lowest BCUT2D eigenvalue weighted by Gasteiger charge is -2.20. The molecule has 0 amide bonds. The minimum Gasteiger partial charge on any atom is -0.462 e. The summed E-state index contributed by atoms with van der Waals surface area (Å²) in [6.45, 7) is 2.32. The van der Waals surface area contributed by atoms with Crippen molar-refractivity contribution in [1.29, 1.82) is 0 Å². The number of carbonyl (C=O) groups is 2. The van der Waals surface area contributed by atoms with E-state index in [1.807, 2.05) is 0 Å². The Labute approximate surface area is 367 Å². The number of phosphoric acid groups is 1. The molecule has 3 N–H and O–H groups in total. The van der Waals surface area contributed by atoms with Crippen LogP contribution in [0.2, 0.25) is 0 Å². The molecule has 0 aliphatic carbocycles. The Morgan fingerprint density at radius 2 is 0.900 bits per heavy atom. The van der Waals surface area contributed by atoms with Crippen molar-refractivity contribution in [3.8, 4) is 0 Å². The Kier molecular flexibility index (Phi) is 43.9. The van der Waals surface area contributed by atoms with Gasteiger partial charge in [-0.3, -0.25) is 18.6 Å². The first kappa shape index (κ1) is 58.2. The highest BCUT2D eigenvalue weighted by molar-refractivity contribution is 7.47. The molecular weight excluding hydrogens is 780 g/mol. The zero-order valence-electron chi connectivity index (χ0n) is 38.4. The molecule has 0 spiro atoms. The molecule has 0 saturated heterocycles. The maximum absolute atomic E-state index is 12.6. The van der Waals surface area contributed by atoms with Gasteiger partial charge >= 0.3 is 19.8 Å². The minimum atomic E-state index is -4.63. The molecule has 10 nitrogen and oxygen atoms in total. The van der Waals surface area contributed by atoms with Gasteiger partial charge in [-0.05, 0) is 57.8 Å². The second-order valence-electron chi connectivity index (χ2n) is 16.5. The van der Waals surface area contributed by atoms with Crippen LogP contribution in [0.25, 0.3) is 0 Å². The molecule has 352 valence electrons.